The van der Waals surface area contributed by atoms with E-state index in [0.717, 1.165) is 23.2 Å². The Bertz CT molecular complexity index is 830. The number of para-hydroxylation sites is 2. The van der Waals surface area contributed by atoms with Gasteiger partial charge in [-0.15, -0.1) is 0 Å². The van der Waals surface area contributed by atoms with E-state index in [1.54, 1.807) is 10.6 Å². The number of hydrogen-bond acceptors (Lipinski definition) is 2. The fourth-order valence-corrected chi connectivity index (χ4v) is 2.40. The van der Waals surface area contributed by atoms with Crippen LogP contribution in [0.4, 0.5) is 13.2 Å². The molecule has 0 aliphatic carbocycles. The lowest BCUT2D eigenvalue weighted by Crippen LogP contribution is -2.05. The fourth-order valence-electron chi connectivity index (χ4n) is 2.15. The molecule has 108 valence electrons. The normalized spacial score (nSPS) is 12.0. The number of benzene rings is 2. The highest BCUT2D eigenvalue weighted by atomic mass is 32.1. The lowest BCUT2D eigenvalue weighted by molar-refractivity contribution is -0.137. The zero-order chi connectivity index (χ0) is 15.0. The van der Waals surface area contributed by atoms with E-state index >= 15 is 0 Å². The van der Waals surface area contributed by atoms with Crippen molar-refractivity contribution in [2.75, 3.05) is 0 Å². The maximum Gasteiger partial charge on any atom is 0.416 e. The van der Waals surface area contributed by atoms with Crippen molar-refractivity contribution in [1.29, 1.82) is 0 Å². The molecule has 2 aromatic carbocycles. The molecule has 0 aliphatic heterocycles. The van der Waals surface area contributed by atoms with E-state index in [0.29, 0.717) is 17.0 Å². The Balaban J connectivity index is 1.96. The minimum Gasteiger partial charge on any atom is -0.429 e. The van der Waals surface area contributed by atoms with Gasteiger partial charge in [-0.2, -0.15) is 13.2 Å². The minimum absolute atomic E-state index is 0.302. The molecule has 0 spiro atoms. The van der Waals surface area contributed by atoms with Crippen LogP contribution in [0.15, 0.2) is 52.9 Å². The highest BCUT2D eigenvalue weighted by Crippen LogP contribution is 2.29. The molecule has 1 heterocycles. The minimum atomic E-state index is -4.32. The molecule has 0 saturated heterocycles. The van der Waals surface area contributed by atoms with Crippen molar-refractivity contribution in [2.24, 2.45) is 0 Å². The second-order valence-corrected chi connectivity index (χ2v) is 4.97. The summed E-state index contributed by atoms with van der Waals surface area (Å²) in [7, 11) is 0. The second kappa shape index (κ2) is 5.04. The number of aromatic nitrogens is 1. The molecule has 3 rings (SSSR count). The van der Waals surface area contributed by atoms with Crippen LogP contribution < -0.4 is 0 Å². The Morgan fingerprint density at radius 2 is 1.67 bits per heavy atom. The standard InChI is InChI=1S/C15H10F3NOS/c16-15(17,18)11-7-5-10(6-8-11)9-19-12-3-1-2-4-13(12)20-14(19)21/h1-8H,9H2. The monoisotopic (exact) mass is 309 g/mol. The SMILES string of the molecule is FC(F)(F)c1ccc(Cn2c(=S)oc3ccccc32)cc1. The molecule has 0 unspecified atom stereocenters. The van der Waals surface area contributed by atoms with Gasteiger partial charge in [-0.1, -0.05) is 24.3 Å². The molecule has 0 bridgehead atoms. The third kappa shape index (κ3) is 2.71. The average Bonchev–Trinajstić information content (AvgIpc) is 2.75. The molecule has 2 nitrogen and oxygen atoms in total. The third-order valence-corrected chi connectivity index (χ3v) is 3.50. The van der Waals surface area contributed by atoms with Gasteiger partial charge in [-0.05, 0) is 42.0 Å². The van der Waals surface area contributed by atoms with Gasteiger partial charge < -0.3 is 4.42 Å². The molecule has 0 aliphatic rings. The Labute approximate surface area is 123 Å². The highest BCUT2D eigenvalue weighted by Gasteiger charge is 2.29. The molecule has 0 amide bonds. The van der Waals surface area contributed by atoms with Crippen LogP contribution in [-0.4, -0.2) is 4.57 Å². The van der Waals surface area contributed by atoms with Crippen molar-refractivity contribution in [2.45, 2.75) is 12.7 Å². The summed E-state index contributed by atoms with van der Waals surface area (Å²) in [5.74, 6) is 0. The van der Waals surface area contributed by atoms with Gasteiger partial charge >= 0.3 is 6.18 Å². The second-order valence-electron chi connectivity index (χ2n) is 4.62. The van der Waals surface area contributed by atoms with Crippen molar-refractivity contribution in [3.63, 3.8) is 0 Å². The zero-order valence-corrected chi connectivity index (χ0v) is 11.5. The summed E-state index contributed by atoms with van der Waals surface area (Å²) in [5.41, 5.74) is 1.55. The van der Waals surface area contributed by atoms with E-state index in [-0.39, 0.29) is 0 Å². The lowest BCUT2D eigenvalue weighted by Gasteiger charge is -2.08. The number of fused-ring (bicyclic) bond motifs is 1. The van der Waals surface area contributed by atoms with Crippen molar-refractivity contribution < 1.29 is 17.6 Å². The van der Waals surface area contributed by atoms with E-state index in [9.17, 15) is 13.2 Å². The van der Waals surface area contributed by atoms with Gasteiger partial charge in [0.05, 0.1) is 17.6 Å². The predicted molar refractivity (Wildman–Crippen MR) is 75.6 cm³/mol. The summed E-state index contributed by atoms with van der Waals surface area (Å²) in [6, 6.07) is 12.4. The van der Waals surface area contributed by atoms with E-state index in [1.807, 2.05) is 18.2 Å². The number of rotatable bonds is 2. The first-order valence-electron chi connectivity index (χ1n) is 6.20. The van der Waals surface area contributed by atoms with Crippen molar-refractivity contribution >= 4 is 23.3 Å². The van der Waals surface area contributed by atoms with Gasteiger partial charge in [0, 0.05) is 0 Å². The number of alkyl halides is 3. The molecule has 0 fully saturated rings. The van der Waals surface area contributed by atoms with Crippen LogP contribution in [-0.2, 0) is 12.7 Å². The largest absolute Gasteiger partial charge is 0.429 e. The molecule has 0 N–H and O–H groups in total. The number of oxazole rings is 1. The number of nitrogens with zero attached hydrogens (tertiary/aromatic N) is 1. The summed E-state index contributed by atoms with van der Waals surface area (Å²) < 4.78 is 44.8. The molecule has 3 aromatic rings. The van der Waals surface area contributed by atoms with Crippen LogP contribution >= 0.6 is 12.2 Å². The first kappa shape index (κ1) is 13.9. The van der Waals surface area contributed by atoms with E-state index < -0.39 is 11.7 Å². The maximum atomic E-state index is 12.5. The first-order chi connectivity index (χ1) is 9.95. The fraction of sp³-hybridized carbons (Fsp3) is 0.133. The third-order valence-electron chi connectivity index (χ3n) is 3.20. The molecular weight excluding hydrogens is 299 g/mol. The van der Waals surface area contributed by atoms with Gasteiger partial charge in [0.2, 0.25) is 0 Å². The molecule has 0 saturated carbocycles. The summed E-state index contributed by atoms with van der Waals surface area (Å²) in [6.07, 6.45) is -4.32. The Morgan fingerprint density at radius 3 is 2.33 bits per heavy atom. The lowest BCUT2D eigenvalue weighted by atomic mass is 10.1. The summed E-state index contributed by atoms with van der Waals surface area (Å²) in [4.78, 5) is 0.302. The maximum absolute atomic E-state index is 12.5. The summed E-state index contributed by atoms with van der Waals surface area (Å²) in [5, 5.41) is 0. The summed E-state index contributed by atoms with van der Waals surface area (Å²) >= 11 is 5.15. The highest BCUT2D eigenvalue weighted by molar-refractivity contribution is 7.71. The smallest absolute Gasteiger partial charge is 0.416 e. The van der Waals surface area contributed by atoms with Crippen LogP contribution in [0.5, 0.6) is 0 Å². The number of halogens is 3. The molecule has 0 atom stereocenters. The van der Waals surface area contributed by atoms with Gasteiger partial charge in [-0.25, -0.2) is 0 Å². The van der Waals surface area contributed by atoms with Crippen molar-refractivity contribution in [3.05, 3.63) is 64.5 Å². The Morgan fingerprint density at radius 1 is 1.00 bits per heavy atom. The summed E-state index contributed by atoms with van der Waals surface area (Å²) in [6.45, 7) is 0.369. The molecular formula is C15H10F3NOS. The Hall–Kier alpha value is -2.08. The van der Waals surface area contributed by atoms with Crippen LogP contribution in [0.25, 0.3) is 11.1 Å². The van der Waals surface area contributed by atoms with Gasteiger partial charge in [0.15, 0.2) is 5.58 Å². The van der Waals surface area contributed by atoms with Gasteiger partial charge in [0.1, 0.15) is 0 Å². The van der Waals surface area contributed by atoms with E-state index in [4.69, 9.17) is 16.6 Å². The first-order valence-corrected chi connectivity index (χ1v) is 6.60. The number of hydrogen-bond donors (Lipinski definition) is 0. The van der Waals surface area contributed by atoms with Gasteiger partial charge in [-0.3, -0.25) is 4.57 Å². The average molecular weight is 309 g/mol. The van der Waals surface area contributed by atoms with Crippen molar-refractivity contribution in [3.8, 4) is 0 Å². The quantitative estimate of drug-likeness (QED) is 0.618. The van der Waals surface area contributed by atoms with E-state index in [2.05, 4.69) is 0 Å². The Kier molecular flexibility index (Phi) is 3.33. The zero-order valence-electron chi connectivity index (χ0n) is 10.7. The van der Waals surface area contributed by atoms with Crippen molar-refractivity contribution in [1.82, 2.24) is 4.57 Å². The van der Waals surface area contributed by atoms with Crippen LogP contribution in [0.2, 0.25) is 0 Å². The molecule has 6 heteroatoms. The topological polar surface area (TPSA) is 18.1 Å². The molecule has 0 radical (unpaired) electrons. The predicted octanol–water partition coefficient (Wildman–Crippen LogP) is 5.03. The van der Waals surface area contributed by atoms with Gasteiger partial charge in [0.25, 0.3) is 4.84 Å². The molecule has 1 aromatic heterocycles. The van der Waals surface area contributed by atoms with Crippen LogP contribution in [0.1, 0.15) is 11.1 Å². The van der Waals surface area contributed by atoms with Crippen LogP contribution in [0.3, 0.4) is 0 Å². The van der Waals surface area contributed by atoms with Crippen LogP contribution in [0, 0.1) is 4.84 Å². The van der Waals surface area contributed by atoms with E-state index in [1.165, 1.54) is 12.1 Å². The molecule has 21 heavy (non-hydrogen) atoms.